The minimum absolute atomic E-state index is 0.219. The molecule has 1 N–H and O–H groups in total. The van der Waals surface area contributed by atoms with Crippen molar-refractivity contribution < 1.29 is 13.3 Å². The van der Waals surface area contributed by atoms with Crippen LogP contribution in [0.25, 0.3) is 0 Å². The summed E-state index contributed by atoms with van der Waals surface area (Å²) in [5.74, 6) is 0. The second-order valence-corrected chi connectivity index (χ2v) is 6.34. The Balaban J connectivity index is 3.47. The number of anilines is 1. The molecule has 1 aromatic carbocycles. The molecule has 0 amide bonds. The SMILES string of the molecule is CCCN(CC)S(=O)(=O)c1cccc(NCC)c1[N+](=O)[O-]. The molecule has 0 atom stereocenters. The largest absolute Gasteiger partial charge is 0.380 e. The van der Waals surface area contributed by atoms with Crippen LogP contribution in [0.4, 0.5) is 11.4 Å². The van der Waals surface area contributed by atoms with Crippen molar-refractivity contribution >= 4 is 21.4 Å². The van der Waals surface area contributed by atoms with Gasteiger partial charge in [0.15, 0.2) is 4.90 Å². The molecule has 0 saturated carbocycles. The maximum atomic E-state index is 12.6. The topological polar surface area (TPSA) is 92.6 Å². The van der Waals surface area contributed by atoms with E-state index < -0.39 is 20.6 Å². The van der Waals surface area contributed by atoms with E-state index in [1.807, 2.05) is 6.92 Å². The average molecular weight is 315 g/mol. The molecule has 0 aliphatic carbocycles. The lowest BCUT2D eigenvalue weighted by molar-refractivity contribution is -0.386. The lowest BCUT2D eigenvalue weighted by atomic mass is 10.2. The van der Waals surface area contributed by atoms with E-state index in [0.29, 0.717) is 19.5 Å². The minimum Gasteiger partial charge on any atom is -0.380 e. The fraction of sp³-hybridized carbons (Fsp3) is 0.538. The minimum atomic E-state index is -3.88. The van der Waals surface area contributed by atoms with Gasteiger partial charge in [-0.1, -0.05) is 19.9 Å². The summed E-state index contributed by atoms with van der Waals surface area (Å²) < 4.78 is 26.5. The van der Waals surface area contributed by atoms with Crippen LogP contribution in [0.15, 0.2) is 23.1 Å². The zero-order valence-corrected chi connectivity index (χ0v) is 13.3. The van der Waals surface area contributed by atoms with Gasteiger partial charge in [0.2, 0.25) is 10.0 Å². The maximum Gasteiger partial charge on any atom is 0.312 e. The molecule has 0 radical (unpaired) electrons. The van der Waals surface area contributed by atoms with E-state index in [9.17, 15) is 18.5 Å². The molecular formula is C13H21N3O4S. The first-order valence-corrected chi connectivity index (χ1v) is 8.35. The molecule has 0 aliphatic heterocycles. The van der Waals surface area contributed by atoms with Gasteiger partial charge in [0.05, 0.1) is 4.92 Å². The fourth-order valence-electron chi connectivity index (χ4n) is 2.09. The third-order valence-corrected chi connectivity index (χ3v) is 5.00. The summed E-state index contributed by atoms with van der Waals surface area (Å²) in [6.45, 7) is 6.45. The molecule has 0 fully saturated rings. The molecule has 0 unspecified atom stereocenters. The summed E-state index contributed by atoms with van der Waals surface area (Å²) in [5, 5.41) is 14.1. The molecule has 0 bridgehead atoms. The molecule has 0 spiro atoms. The molecule has 0 aromatic heterocycles. The first-order valence-electron chi connectivity index (χ1n) is 6.91. The molecule has 7 nitrogen and oxygen atoms in total. The quantitative estimate of drug-likeness (QED) is 0.587. The average Bonchev–Trinajstić information content (AvgIpc) is 2.44. The monoisotopic (exact) mass is 315 g/mol. The van der Waals surface area contributed by atoms with Gasteiger partial charge in [0.1, 0.15) is 5.69 Å². The number of hydrogen-bond acceptors (Lipinski definition) is 5. The van der Waals surface area contributed by atoms with Crippen molar-refractivity contribution in [3.63, 3.8) is 0 Å². The number of nitrogens with one attached hydrogen (secondary N) is 1. The van der Waals surface area contributed by atoms with Crippen molar-refractivity contribution in [1.82, 2.24) is 4.31 Å². The second-order valence-electron chi connectivity index (χ2n) is 4.44. The second kappa shape index (κ2) is 7.37. The summed E-state index contributed by atoms with van der Waals surface area (Å²) in [5.41, 5.74) is -0.176. The third kappa shape index (κ3) is 3.70. The Labute approximate surface area is 125 Å². The number of hydrogen-bond donors (Lipinski definition) is 1. The summed E-state index contributed by atoms with van der Waals surface area (Å²) >= 11 is 0. The first-order chi connectivity index (χ1) is 9.89. The Morgan fingerprint density at radius 1 is 1.29 bits per heavy atom. The highest BCUT2D eigenvalue weighted by atomic mass is 32.2. The van der Waals surface area contributed by atoms with Crippen LogP contribution >= 0.6 is 0 Å². The molecule has 0 saturated heterocycles. The van der Waals surface area contributed by atoms with Gasteiger partial charge in [-0.15, -0.1) is 0 Å². The van der Waals surface area contributed by atoms with Crippen LogP contribution < -0.4 is 5.32 Å². The lowest BCUT2D eigenvalue weighted by Crippen LogP contribution is -2.32. The Hall–Kier alpha value is -1.67. The number of nitrogens with zero attached hydrogens (tertiary/aromatic N) is 2. The van der Waals surface area contributed by atoms with E-state index >= 15 is 0 Å². The Morgan fingerprint density at radius 2 is 1.95 bits per heavy atom. The van der Waals surface area contributed by atoms with Crippen molar-refractivity contribution in [1.29, 1.82) is 0 Å². The van der Waals surface area contributed by atoms with Crippen LogP contribution in [0.3, 0.4) is 0 Å². The van der Waals surface area contributed by atoms with Gasteiger partial charge in [-0.05, 0) is 25.5 Å². The van der Waals surface area contributed by atoms with Crippen molar-refractivity contribution in [2.24, 2.45) is 0 Å². The van der Waals surface area contributed by atoms with E-state index in [4.69, 9.17) is 0 Å². The van der Waals surface area contributed by atoms with Gasteiger partial charge in [0, 0.05) is 19.6 Å². The summed E-state index contributed by atoms with van der Waals surface area (Å²) in [6.07, 6.45) is 0.647. The van der Waals surface area contributed by atoms with Crippen molar-refractivity contribution in [3.8, 4) is 0 Å². The molecule has 0 aliphatic rings. The smallest absolute Gasteiger partial charge is 0.312 e. The van der Waals surface area contributed by atoms with E-state index in [1.165, 1.54) is 22.5 Å². The lowest BCUT2D eigenvalue weighted by Gasteiger charge is -2.20. The summed E-state index contributed by atoms with van der Waals surface area (Å²) in [7, 11) is -3.88. The Morgan fingerprint density at radius 3 is 2.43 bits per heavy atom. The third-order valence-electron chi connectivity index (χ3n) is 2.99. The molecule has 8 heteroatoms. The summed E-state index contributed by atoms with van der Waals surface area (Å²) in [4.78, 5) is 10.4. The van der Waals surface area contributed by atoms with Crippen molar-refractivity contribution in [2.45, 2.75) is 32.1 Å². The van der Waals surface area contributed by atoms with Crippen LogP contribution in [0.5, 0.6) is 0 Å². The highest BCUT2D eigenvalue weighted by molar-refractivity contribution is 7.89. The maximum absolute atomic E-state index is 12.6. The van der Waals surface area contributed by atoms with E-state index in [1.54, 1.807) is 13.8 Å². The highest BCUT2D eigenvalue weighted by Gasteiger charge is 2.32. The van der Waals surface area contributed by atoms with Gasteiger partial charge in [-0.25, -0.2) is 8.42 Å². The van der Waals surface area contributed by atoms with E-state index in [0.717, 1.165) is 0 Å². The van der Waals surface area contributed by atoms with Crippen LogP contribution in [-0.2, 0) is 10.0 Å². The van der Waals surface area contributed by atoms with E-state index in [-0.39, 0.29) is 17.1 Å². The number of nitro groups is 1. The standard InChI is InChI=1S/C13H21N3O4S/c1-4-10-15(6-3)21(19,20)12-9-7-8-11(14-5-2)13(12)16(17)18/h7-9,14H,4-6,10H2,1-3H3. The van der Waals surface area contributed by atoms with Crippen molar-refractivity contribution in [3.05, 3.63) is 28.3 Å². The number of para-hydroxylation sites is 1. The number of rotatable bonds is 8. The van der Waals surface area contributed by atoms with Gasteiger partial charge >= 0.3 is 5.69 Å². The number of benzene rings is 1. The van der Waals surface area contributed by atoms with Crippen LogP contribution in [0.2, 0.25) is 0 Å². The number of sulfonamides is 1. The van der Waals surface area contributed by atoms with Crippen LogP contribution in [-0.4, -0.2) is 37.3 Å². The van der Waals surface area contributed by atoms with Gasteiger partial charge in [-0.2, -0.15) is 4.31 Å². The van der Waals surface area contributed by atoms with Gasteiger partial charge in [-0.3, -0.25) is 10.1 Å². The zero-order chi connectivity index (χ0) is 16.0. The predicted molar refractivity (Wildman–Crippen MR) is 82.0 cm³/mol. The molecule has 1 rings (SSSR count). The molecule has 21 heavy (non-hydrogen) atoms. The van der Waals surface area contributed by atoms with Gasteiger partial charge in [0.25, 0.3) is 0 Å². The molecule has 0 heterocycles. The molecule has 1 aromatic rings. The Kier molecular flexibility index (Phi) is 6.10. The van der Waals surface area contributed by atoms with Crippen molar-refractivity contribution in [2.75, 3.05) is 25.0 Å². The van der Waals surface area contributed by atoms with Gasteiger partial charge < -0.3 is 5.32 Å². The van der Waals surface area contributed by atoms with Crippen LogP contribution in [0, 0.1) is 10.1 Å². The van der Waals surface area contributed by atoms with Crippen LogP contribution in [0.1, 0.15) is 27.2 Å². The Bertz CT molecular complexity index is 601. The highest BCUT2D eigenvalue weighted by Crippen LogP contribution is 2.33. The predicted octanol–water partition coefficient (Wildman–Crippen LogP) is 2.45. The van der Waals surface area contributed by atoms with E-state index in [2.05, 4.69) is 5.32 Å². The molecular weight excluding hydrogens is 294 g/mol. The normalized spacial score (nSPS) is 11.6. The number of nitro benzene ring substituents is 1. The fourth-order valence-corrected chi connectivity index (χ4v) is 3.81. The molecule has 118 valence electrons. The summed E-state index contributed by atoms with van der Waals surface area (Å²) in [6, 6.07) is 4.31. The zero-order valence-electron chi connectivity index (χ0n) is 12.5. The first kappa shape index (κ1) is 17.4.